The summed E-state index contributed by atoms with van der Waals surface area (Å²) in [5, 5.41) is 3.48. The van der Waals surface area contributed by atoms with Gasteiger partial charge in [0, 0.05) is 46.9 Å². The Morgan fingerprint density at radius 3 is 1.81 bits per heavy atom. The predicted molar refractivity (Wildman–Crippen MR) is 137 cm³/mol. The molecule has 0 radical (unpaired) electrons. The van der Waals surface area contributed by atoms with E-state index in [-0.39, 0.29) is 33.0 Å². The molecule has 0 spiro atoms. The van der Waals surface area contributed by atoms with E-state index < -0.39 is 16.0 Å². The second-order valence-corrected chi connectivity index (χ2v) is 13.2. The zero-order valence-corrected chi connectivity index (χ0v) is 21.9. The fourth-order valence-electron chi connectivity index (χ4n) is 5.75. The van der Waals surface area contributed by atoms with Gasteiger partial charge in [-0.3, -0.25) is 9.59 Å². The first-order valence-corrected chi connectivity index (χ1v) is 13.7. The number of dihydropyridines is 1. The number of allylic oxidation sites excluding steroid dienone is 4. The fraction of sp³-hybridized carbons (Fsp3) is 0.379. The molecule has 1 N–H and O–H groups in total. The van der Waals surface area contributed by atoms with Crippen molar-refractivity contribution in [2.45, 2.75) is 64.2 Å². The molecule has 36 heavy (non-hydrogen) atoms. The van der Waals surface area contributed by atoms with Gasteiger partial charge in [0.2, 0.25) is 0 Å². The van der Waals surface area contributed by atoms with Gasteiger partial charge >= 0.3 is 10.1 Å². The first-order valence-electron chi connectivity index (χ1n) is 12.2. The van der Waals surface area contributed by atoms with E-state index in [2.05, 4.69) is 33.0 Å². The number of rotatable bonds is 4. The molecule has 0 atom stereocenters. The molecule has 0 fully saturated rings. The number of hydrogen-bond acceptors (Lipinski definition) is 6. The van der Waals surface area contributed by atoms with Crippen molar-refractivity contribution in [1.29, 1.82) is 0 Å². The molecule has 3 aliphatic rings. The van der Waals surface area contributed by atoms with Crippen LogP contribution < -0.4 is 9.50 Å². The largest absolute Gasteiger partial charge is 0.379 e. The summed E-state index contributed by atoms with van der Waals surface area (Å²) in [6.07, 6.45) is 2.05. The van der Waals surface area contributed by atoms with Crippen LogP contribution in [0, 0.1) is 10.8 Å². The highest BCUT2D eigenvalue weighted by Gasteiger charge is 2.47. The molecule has 7 heteroatoms. The number of ketones is 2. The van der Waals surface area contributed by atoms with Crippen molar-refractivity contribution in [3.63, 3.8) is 0 Å². The van der Waals surface area contributed by atoms with Crippen LogP contribution in [0.4, 0.5) is 0 Å². The van der Waals surface area contributed by atoms with E-state index in [1.807, 2.05) is 0 Å². The lowest BCUT2D eigenvalue weighted by Crippen LogP contribution is -2.42. The Morgan fingerprint density at radius 2 is 1.25 bits per heavy atom. The van der Waals surface area contributed by atoms with Gasteiger partial charge in [0.15, 0.2) is 11.6 Å². The van der Waals surface area contributed by atoms with Crippen LogP contribution in [-0.2, 0) is 19.7 Å². The second-order valence-electron chi connectivity index (χ2n) is 11.6. The van der Waals surface area contributed by atoms with Gasteiger partial charge in [-0.25, -0.2) is 0 Å². The predicted octanol–water partition coefficient (Wildman–Crippen LogP) is 5.43. The molecule has 0 amide bonds. The standard InChI is InChI=1S/C29H31NO5S/c1-28(2)14-20-26(22(31)16-28)25(27-21(30-20)15-29(3,4)17-23(27)32)19-12-8-9-13-24(19)35-36(33,34)18-10-6-5-7-11-18/h5-13,25,30H,14-17H2,1-4H3. The van der Waals surface area contributed by atoms with E-state index in [0.29, 0.717) is 42.4 Å². The smallest absolute Gasteiger partial charge is 0.339 e. The van der Waals surface area contributed by atoms with Crippen LogP contribution in [0.15, 0.2) is 82.0 Å². The first kappa shape index (κ1) is 24.5. The molecule has 188 valence electrons. The van der Waals surface area contributed by atoms with Gasteiger partial charge in [0.05, 0.1) is 0 Å². The highest BCUT2D eigenvalue weighted by Crippen LogP contribution is 2.52. The maximum absolute atomic E-state index is 13.6. The minimum atomic E-state index is -4.11. The number of hydrogen-bond donors (Lipinski definition) is 1. The molecule has 1 aliphatic heterocycles. The molecular weight excluding hydrogens is 474 g/mol. The van der Waals surface area contributed by atoms with Gasteiger partial charge in [0.25, 0.3) is 0 Å². The summed E-state index contributed by atoms with van der Waals surface area (Å²) in [4.78, 5) is 27.2. The summed E-state index contributed by atoms with van der Waals surface area (Å²) >= 11 is 0. The minimum absolute atomic E-state index is 0.0244. The van der Waals surface area contributed by atoms with Crippen LogP contribution in [0.3, 0.4) is 0 Å². The van der Waals surface area contributed by atoms with Crippen molar-refractivity contribution >= 4 is 21.7 Å². The summed E-state index contributed by atoms with van der Waals surface area (Å²) in [5.41, 5.74) is 2.83. The number of carbonyl (C=O) groups excluding carboxylic acids is 2. The lowest BCUT2D eigenvalue weighted by atomic mass is 9.64. The summed E-state index contributed by atoms with van der Waals surface area (Å²) in [7, 11) is -4.11. The monoisotopic (exact) mass is 505 g/mol. The quantitative estimate of drug-likeness (QED) is 0.558. The highest BCUT2D eigenvalue weighted by atomic mass is 32.2. The minimum Gasteiger partial charge on any atom is -0.379 e. The van der Waals surface area contributed by atoms with Crippen molar-refractivity contribution in [1.82, 2.24) is 5.32 Å². The lowest BCUT2D eigenvalue weighted by molar-refractivity contribution is -0.119. The maximum Gasteiger partial charge on any atom is 0.339 e. The average Bonchev–Trinajstić information content (AvgIpc) is 2.77. The Kier molecular flexibility index (Phi) is 5.75. The van der Waals surface area contributed by atoms with Crippen molar-refractivity contribution in [2.24, 2.45) is 10.8 Å². The Labute approximate surface area is 212 Å². The summed E-state index contributed by atoms with van der Waals surface area (Å²) in [6.45, 7) is 8.26. The van der Waals surface area contributed by atoms with E-state index in [1.54, 1.807) is 42.5 Å². The molecule has 0 bridgehead atoms. The van der Waals surface area contributed by atoms with E-state index in [9.17, 15) is 18.0 Å². The molecule has 0 unspecified atom stereocenters. The van der Waals surface area contributed by atoms with Crippen LogP contribution in [-0.4, -0.2) is 20.0 Å². The van der Waals surface area contributed by atoms with E-state index in [0.717, 1.165) is 11.4 Å². The Hall–Kier alpha value is -3.19. The van der Waals surface area contributed by atoms with Crippen LogP contribution in [0.1, 0.15) is 64.9 Å². The Balaban J connectivity index is 1.68. The van der Waals surface area contributed by atoms with Crippen LogP contribution >= 0.6 is 0 Å². The first-order chi connectivity index (χ1) is 16.9. The van der Waals surface area contributed by atoms with Crippen molar-refractivity contribution in [3.05, 3.63) is 82.7 Å². The third kappa shape index (κ3) is 4.41. The molecule has 6 nitrogen and oxygen atoms in total. The summed E-state index contributed by atoms with van der Waals surface area (Å²) in [5.74, 6) is -0.597. The molecule has 2 aliphatic carbocycles. The fourth-order valence-corrected chi connectivity index (χ4v) is 6.72. The maximum atomic E-state index is 13.6. The van der Waals surface area contributed by atoms with Gasteiger partial charge < -0.3 is 9.50 Å². The van der Waals surface area contributed by atoms with Crippen LogP contribution in [0.2, 0.25) is 0 Å². The topological polar surface area (TPSA) is 89.5 Å². The van der Waals surface area contributed by atoms with Crippen LogP contribution in [0.5, 0.6) is 5.75 Å². The second kappa shape index (κ2) is 8.44. The molecule has 0 saturated carbocycles. The zero-order valence-electron chi connectivity index (χ0n) is 21.1. The normalized spacial score (nSPS) is 21.6. The molecule has 5 rings (SSSR count). The lowest BCUT2D eigenvalue weighted by Gasteiger charge is -2.44. The van der Waals surface area contributed by atoms with Gasteiger partial charge in [-0.1, -0.05) is 64.1 Å². The van der Waals surface area contributed by atoms with Gasteiger partial charge in [0.1, 0.15) is 10.6 Å². The van der Waals surface area contributed by atoms with Crippen molar-refractivity contribution < 1.29 is 22.2 Å². The zero-order chi connectivity index (χ0) is 25.9. The third-order valence-electron chi connectivity index (χ3n) is 7.18. The molecule has 2 aromatic carbocycles. The third-order valence-corrected chi connectivity index (χ3v) is 8.43. The molecular formula is C29H31NO5S. The average molecular weight is 506 g/mol. The number of carbonyl (C=O) groups is 2. The highest BCUT2D eigenvalue weighted by molar-refractivity contribution is 7.87. The Morgan fingerprint density at radius 1 is 0.750 bits per heavy atom. The summed E-state index contributed by atoms with van der Waals surface area (Å²) in [6, 6.07) is 14.8. The van der Waals surface area contributed by atoms with Gasteiger partial charge in [-0.2, -0.15) is 8.42 Å². The molecule has 0 aromatic heterocycles. The van der Waals surface area contributed by atoms with Crippen LogP contribution in [0.25, 0.3) is 0 Å². The number of nitrogens with one attached hydrogen (secondary N) is 1. The number of Topliss-reactive ketones (excluding diaryl/α,β-unsaturated/α-hetero) is 2. The van der Waals surface area contributed by atoms with Crippen molar-refractivity contribution in [3.8, 4) is 5.75 Å². The van der Waals surface area contributed by atoms with Crippen molar-refractivity contribution in [2.75, 3.05) is 0 Å². The molecule has 2 aromatic rings. The van der Waals surface area contributed by atoms with Gasteiger partial charge in [-0.05, 0) is 41.9 Å². The SMILES string of the molecule is CC1(C)CC(=O)C2=C(C1)NC1=C(C(=O)CC(C)(C)C1)C2c1ccccc1OS(=O)(=O)c1ccccc1. The number of para-hydroxylation sites is 1. The Bertz CT molecular complexity index is 1380. The van der Waals surface area contributed by atoms with E-state index >= 15 is 0 Å². The van der Waals surface area contributed by atoms with Gasteiger partial charge in [-0.15, -0.1) is 0 Å². The number of benzene rings is 2. The van der Waals surface area contributed by atoms with E-state index in [1.165, 1.54) is 12.1 Å². The summed E-state index contributed by atoms with van der Waals surface area (Å²) < 4.78 is 31.9. The molecule has 1 heterocycles. The molecule has 0 saturated heterocycles. The van der Waals surface area contributed by atoms with E-state index in [4.69, 9.17) is 4.18 Å².